The van der Waals surface area contributed by atoms with E-state index < -0.39 is 20.0 Å². The maximum Gasteiger partial charge on any atom is -0.147 e. The summed E-state index contributed by atoms with van der Waals surface area (Å²) >= 11 is -3.00. The molecule has 0 bridgehead atoms. The largest absolute Gasteiger partial charge is 0.147 e. The third-order valence-corrected chi connectivity index (χ3v) is 31.3. The molecule has 4 aromatic rings. The number of hydrogen-bond donors (Lipinski definition) is 0. The van der Waals surface area contributed by atoms with E-state index in [0.29, 0.717) is 0 Å². The van der Waals surface area contributed by atoms with E-state index in [1.165, 1.54) is 86.5 Å². The number of fused-ring (bicyclic) bond motifs is 2. The number of rotatable bonds is 6. The number of allylic oxidation sites excluding steroid dienone is 2. The Morgan fingerprint density at radius 1 is 0.426 bits per heavy atom. The van der Waals surface area contributed by atoms with E-state index in [2.05, 4.69) is 109 Å². The second-order valence-corrected chi connectivity index (χ2v) is 31.5. The summed E-state index contributed by atoms with van der Waals surface area (Å²) in [5.74, 6) is 1.58. The van der Waals surface area contributed by atoms with Crippen LogP contribution in [0, 0.1) is 11.8 Å². The molecule has 47 heavy (non-hydrogen) atoms. The molecule has 0 radical (unpaired) electrons. The van der Waals surface area contributed by atoms with Gasteiger partial charge in [0.25, 0.3) is 0 Å². The molecule has 3 heteroatoms. The molecule has 2 saturated carbocycles. The fraction of sp³-hybridized carbons (Fsp3) is 0.364. The van der Waals surface area contributed by atoms with E-state index in [9.17, 15) is 0 Å². The van der Waals surface area contributed by atoms with Crippen molar-refractivity contribution in [3.63, 3.8) is 0 Å². The second kappa shape index (κ2) is 14.0. The molecule has 0 N–H and O–H groups in total. The van der Waals surface area contributed by atoms with Crippen molar-refractivity contribution >= 4 is 37.0 Å². The predicted octanol–water partition coefficient (Wildman–Crippen LogP) is 13.6. The minimum absolute atomic E-state index is 0. The molecule has 0 spiro atoms. The van der Waals surface area contributed by atoms with Crippen LogP contribution in [0.2, 0.25) is 8.35 Å². The molecule has 0 aromatic heterocycles. The van der Waals surface area contributed by atoms with Crippen LogP contribution in [-0.2, 0) is 20.0 Å². The topological polar surface area (TPSA) is 0 Å². The Labute approximate surface area is 299 Å². The smallest absolute Gasteiger partial charge is 0.147 e. The van der Waals surface area contributed by atoms with Crippen molar-refractivity contribution in [1.29, 1.82) is 0 Å². The Bertz CT molecular complexity index is 1640. The minimum atomic E-state index is -3.00. The molecule has 3 fully saturated rings. The molecular formula is C44H48Cl2Hf. The van der Waals surface area contributed by atoms with Crippen LogP contribution in [0.15, 0.2) is 108 Å². The molecule has 2 unspecified atom stereocenters. The SMILES string of the molecule is C1=C(C2CCCCC2)[CH]([Hf]2([CH]3C(C4CCCCC4)=Cc4c(-c5ccccc5)cccc43)[CH2][CH2]2)c2cccc(-c3ccccc3)c21.Cl.Cl. The van der Waals surface area contributed by atoms with Gasteiger partial charge in [-0.25, -0.2) is 0 Å². The van der Waals surface area contributed by atoms with Crippen molar-refractivity contribution in [1.82, 2.24) is 0 Å². The van der Waals surface area contributed by atoms with Crippen molar-refractivity contribution in [2.45, 2.75) is 79.9 Å². The Kier molecular flexibility index (Phi) is 9.90. The molecule has 2 atom stereocenters. The summed E-state index contributed by atoms with van der Waals surface area (Å²) in [4.78, 5) is 0. The average Bonchev–Trinajstić information content (AvgIpc) is 3.64. The van der Waals surface area contributed by atoms with E-state index >= 15 is 0 Å². The van der Waals surface area contributed by atoms with Gasteiger partial charge in [0, 0.05) is 0 Å². The molecule has 1 heterocycles. The van der Waals surface area contributed by atoms with Crippen LogP contribution in [0.3, 0.4) is 0 Å². The minimum Gasteiger partial charge on any atom is -0.147 e. The van der Waals surface area contributed by atoms with E-state index in [1.54, 1.807) is 30.6 Å². The quantitative estimate of drug-likeness (QED) is 0.170. The first-order valence-corrected chi connectivity index (χ1v) is 27.3. The molecule has 4 aromatic carbocycles. The Balaban J connectivity index is 0.00000176. The van der Waals surface area contributed by atoms with Crippen LogP contribution in [0.4, 0.5) is 0 Å². The summed E-state index contributed by atoms with van der Waals surface area (Å²) in [5.41, 5.74) is 16.1. The zero-order valence-electron chi connectivity index (χ0n) is 27.5. The second-order valence-electron chi connectivity index (χ2n) is 14.9. The molecule has 1 aliphatic heterocycles. The van der Waals surface area contributed by atoms with Crippen molar-refractivity contribution in [3.05, 3.63) is 130 Å². The first-order valence-electron chi connectivity index (χ1n) is 18.1. The molecule has 9 rings (SSSR count). The summed E-state index contributed by atoms with van der Waals surface area (Å²) < 4.78 is 4.64. The van der Waals surface area contributed by atoms with E-state index in [4.69, 9.17) is 0 Å². The third kappa shape index (κ3) is 5.81. The van der Waals surface area contributed by atoms with Crippen molar-refractivity contribution in [2.24, 2.45) is 11.8 Å². The van der Waals surface area contributed by atoms with Gasteiger partial charge < -0.3 is 0 Å². The predicted molar refractivity (Wildman–Crippen MR) is 202 cm³/mol. The molecule has 0 amide bonds. The zero-order valence-corrected chi connectivity index (χ0v) is 32.7. The maximum absolute atomic E-state index is 3.00. The van der Waals surface area contributed by atoms with Crippen LogP contribution in [0.5, 0.6) is 0 Å². The van der Waals surface area contributed by atoms with Gasteiger partial charge in [-0.3, -0.25) is 0 Å². The first kappa shape index (κ1) is 33.3. The molecule has 1 saturated heterocycles. The Morgan fingerprint density at radius 2 is 0.830 bits per heavy atom. The molecule has 4 aliphatic carbocycles. The van der Waals surface area contributed by atoms with E-state index in [0.717, 1.165) is 19.2 Å². The van der Waals surface area contributed by atoms with Gasteiger partial charge in [-0.05, 0) is 0 Å². The van der Waals surface area contributed by atoms with Crippen LogP contribution >= 0.6 is 24.8 Å². The van der Waals surface area contributed by atoms with Crippen molar-refractivity contribution < 1.29 is 20.0 Å². The summed E-state index contributed by atoms with van der Waals surface area (Å²) in [6, 6.07) is 37.3. The average molecular weight is 826 g/mol. The van der Waals surface area contributed by atoms with Gasteiger partial charge >= 0.3 is 277 Å². The molecular weight excluding hydrogens is 778 g/mol. The summed E-state index contributed by atoms with van der Waals surface area (Å²) in [6.45, 7) is 0. The standard InChI is InChI=1S/2C21H21.C2H4.2ClH.Hf/c2*1-3-8-16(9-4-1)19-14-18-12-7-13-20(21(18)15-19)17-10-5-2-6-11-17;1-2;;;/h2*2,5-7,10-16H,1,3-4,8-9H2;1-2H2;2*1H;. The van der Waals surface area contributed by atoms with E-state index in [1.807, 2.05) is 11.1 Å². The summed E-state index contributed by atoms with van der Waals surface area (Å²) in [6.07, 6.45) is 19.7. The fourth-order valence-electron chi connectivity index (χ4n) is 10.3. The summed E-state index contributed by atoms with van der Waals surface area (Å²) in [7, 11) is 0. The summed E-state index contributed by atoms with van der Waals surface area (Å²) in [5, 5.41) is 0. The Morgan fingerprint density at radius 3 is 1.21 bits per heavy atom. The maximum atomic E-state index is 2.78. The number of hydrogen-bond acceptors (Lipinski definition) is 0. The normalized spacial score (nSPS) is 23.1. The van der Waals surface area contributed by atoms with Gasteiger partial charge in [0.2, 0.25) is 0 Å². The van der Waals surface area contributed by atoms with E-state index in [-0.39, 0.29) is 24.8 Å². The first-order chi connectivity index (χ1) is 22.3. The van der Waals surface area contributed by atoms with Crippen LogP contribution in [0.1, 0.15) is 93.8 Å². The van der Waals surface area contributed by atoms with Crippen LogP contribution in [-0.4, -0.2) is 0 Å². The van der Waals surface area contributed by atoms with Gasteiger partial charge in [-0.15, -0.1) is 24.8 Å². The zero-order chi connectivity index (χ0) is 29.8. The van der Waals surface area contributed by atoms with Gasteiger partial charge in [-0.1, -0.05) is 0 Å². The fourth-order valence-corrected chi connectivity index (χ4v) is 38.5. The van der Waals surface area contributed by atoms with Crippen molar-refractivity contribution in [3.8, 4) is 22.3 Å². The molecule has 5 aliphatic rings. The third-order valence-electron chi connectivity index (χ3n) is 12.5. The van der Waals surface area contributed by atoms with Crippen molar-refractivity contribution in [2.75, 3.05) is 0 Å². The number of benzene rings is 4. The van der Waals surface area contributed by atoms with Crippen LogP contribution in [0.25, 0.3) is 34.4 Å². The van der Waals surface area contributed by atoms with Crippen LogP contribution < -0.4 is 0 Å². The van der Waals surface area contributed by atoms with Gasteiger partial charge in [-0.2, -0.15) is 0 Å². The monoisotopic (exact) mass is 826 g/mol. The van der Waals surface area contributed by atoms with Gasteiger partial charge in [0.15, 0.2) is 0 Å². The van der Waals surface area contributed by atoms with Gasteiger partial charge in [0.1, 0.15) is 0 Å². The number of halogens is 2. The molecule has 0 nitrogen and oxygen atoms in total. The molecule has 242 valence electrons. The van der Waals surface area contributed by atoms with Gasteiger partial charge in [0.05, 0.1) is 0 Å². The Hall–Kier alpha value is -2.19.